The molecule has 1 saturated carbocycles. The highest BCUT2D eigenvalue weighted by Gasteiger charge is 2.43. The quantitative estimate of drug-likeness (QED) is 0.768. The predicted octanol–water partition coefficient (Wildman–Crippen LogP) is 3.65. The molecule has 0 unspecified atom stereocenters. The molecule has 1 aromatic rings. The predicted molar refractivity (Wildman–Crippen MR) is 71.8 cm³/mol. The van der Waals surface area contributed by atoms with Gasteiger partial charge >= 0.3 is 0 Å². The minimum atomic E-state index is 0.316. The van der Waals surface area contributed by atoms with Crippen molar-refractivity contribution in [2.24, 2.45) is 5.41 Å². The van der Waals surface area contributed by atoms with Crippen molar-refractivity contribution in [2.45, 2.75) is 45.7 Å². The van der Waals surface area contributed by atoms with Gasteiger partial charge in [0.2, 0.25) is 0 Å². The summed E-state index contributed by atoms with van der Waals surface area (Å²) in [6.45, 7) is 6.60. The minimum Gasteiger partial charge on any atom is -0.295 e. The molecule has 1 heterocycles. The monoisotopic (exact) mass is 248 g/mol. The Morgan fingerprint density at radius 2 is 2.29 bits per heavy atom. The van der Waals surface area contributed by atoms with Crippen molar-refractivity contribution in [1.82, 2.24) is 4.90 Å². The van der Waals surface area contributed by atoms with E-state index in [0.29, 0.717) is 11.5 Å². The number of nitrogens with zero attached hydrogens (tertiary/aromatic N) is 2. The molecule has 1 aliphatic carbocycles. The van der Waals surface area contributed by atoms with E-state index in [9.17, 15) is 0 Å². The topological polar surface area (TPSA) is 27.0 Å². The van der Waals surface area contributed by atoms with E-state index in [2.05, 4.69) is 42.3 Å². The molecular formula is C14H20N2S. The molecule has 0 spiro atoms. The van der Waals surface area contributed by atoms with Crippen LogP contribution < -0.4 is 0 Å². The lowest BCUT2D eigenvalue weighted by atomic mass is 10.0. The van der Waals surface area contributed by atoms with Crippen LogP contribution in [0.4, 0.5) is 0 Å². The van der Waals surface area contributed by atoms with E-state index < -0.39 is 0 Å². The van der Waals surface area contributed by atoms with E-state index in [1.165, 1.54) is 17.7 Å². The van der Waals surface area contributed by atoms with Crippen LogP contribution in [0.1, 0.15) is 38.0 Å². The van der Waals surface area contributed by atoms with Crippen molar-refractivity contribution >= 4 is 11.3 Å². The van der Waals surface area contributed by atoms with E-state index in [1.54, 1.807) is 0 Å². The minimum absolute atomic E-state index is 0.316. The van der Waals surface area contributed by atoms with Crippen LogP contribution in [0.25, 0.3) is 0 Å². The van der Waals surface area contributed by atoms with Gasteiger partial charge in [-0.05, 0) is 43.6 Å². The second-order valence-electron chi connectivity index (χ2n) is 5.41. The number of hydrogen-bond donors (Lipinski definition) is 0. The van der Waals surface area contributed by atoms with Gasteiger partial charge in [0.25, 0.3) is 0 Å². The Morgan fingerprint density at radius 1 is 1.53 bits per heavy atom. The van der Waals surface area contributed by atoms with Gasteiger partial charge in [0.1, 0.15) is 0 Å². The molecule has 17 heavy (non-hydrogen) atoms. The van der Waals surface area contributed by atoms with Crippen LogP contribution in [0.5, 0.6) is 0 Å². The molecule has 1 aliphatic rings. The Balaban J connectivity index is 1.96. The second-order valence-corrected chi connectivity index (χ2v) is 6.45. The molecule has 0 bridgehead atoms. The Hall–Kier alpha value is -0.850. The lowest BCUT2D eigenvalue weighted by Crippen LogP contribution is -2.35. The molecule has 0 saturated heterocycles. The smallest absolute Gasteiger partial charge is 0.0628 e. The fraction of sp³-hybridized carbons (Fsp3) is 0.643. The fourth-order valence-electron chi connectivity index (χ4n) is 2.19. The summed E-state index contributed by atoms with van der Waals surface area (Å²) in [5.74, 6) is 0. The van der Waals surface area contributed by atoms with E-state index in [4.69, 9.17) is 5.26 Å². The van der Waals surface area contributed by atoms with Crippen molar-refractivity contribution in [2.75, 3.05) is 6.54 Å². The maximum absolute atomic E-state index is 8.88. The summed E-state index contributed by atoms with van der Waals surface area (Å²) in [7, 11) is 0. The summed E-state index contributed by atoms with van der Waals surface area (Å²) in [5, 5.41) is 11.0. The maximum atomic E-state index is 8.88. The Bertz CT molecular complexity index is 385. The van der Waals surface area contributed by atoms with Crippen LogP contribution in [0, 0.1) is 16.7 Å². The van der Waals surface area contributed by atoms with Crippen molar-refractivity contribution in [3.63, 3.8) is 0 Å². The van der Waals surface area contributed by atoms with Gasteiger partial charge in [0.05, 0.1) is 6.07 Å². The highest BCUT2D eigenvalue weighted by atomic mass is 32.1. The Morgan fingerprint density at radius 3 is 2.76 bits per heavy atom. The molecule has 0 aliphatic heterocycles. The third kappa shape index (κ3) is 3.31. The summed E-state index contributed by atoms with van der Waals surface area (Å²) >= 11 is 1.82. The van der Waals surface area contributed by atoms with Gasteiger partial charge in [-0.2, -0.15) is 5.26 Å². The molecule has 0 amide bonds. The molecule has 2 nitrogen and oxygen atoms in total. The molecule has 2 rings (SSSR count). The summed E-state index contributed by atoms with van der Waals surface area (Å²) in [6.07, 6.45) is 3.18. The van der Waals surface area contributed by atoms with Crippen molar-refractivity contribution in [1.29, 1.82) is 5.26 Å². The molecular weight excluding hydrogens is 228 g/mol. The molecule has 0 aromatic carbocycles. The zero-order valence-electron chi connectivity index (χ0n) is 10.6. The van der Waals surface area contributed by atoms with Gasteiger partial charge < -0.3 is 0 Å². The molecule has 1 aromatic heterocycles. The van der Waals surface area contributed by atoms with Crippen molar-refractivity contribution in [3.05, 3.63) is 22.4 Å². The van der Waals surface area contributed by atoms with Crippen LogP contribution in [-0.2, 0) is 6.54 Å². The van der Waals surface area contributed by atoms with Gasteiger partial charge in [0, 0.05) is 30.4 Å². The summed E-state index contributed by atoms with van der Waals surface area (Å²) in [4.78, 5) is 3.93. The maximum Gasteiger partial charge on any atom is 0.0628 e. The average Bonchev–Trinajstić information content (AvgIpc) is 2.84. The zero-order chi connectivity index (χ0) is 12.3. The van der Waals surface area contributed by atoms with Gasteiger partial charge in [0.15, 0.2) is 0 Å². The highest BCUT2D eigenvalue weighted by Crippen LogP contribution is 2.49. The third-order valence-electron chi connectivity index (χ3n) is 3.62. The molecule has 1 fully saturated rings. The molecule has 0 atom stereocenters. The number of nitriles is 1. The van der Waals surface area contributed by atoms with E-state index in [1.807, 2.05) is 11.3 Å². The van der Waals surface area contributed by atoms with Gasteiger partial charge in [-0.3, -0.25) is 4.90 Å². The summed E-state index contributed by atoms with van der Waals surface area (Å²) < 4.78 is 0. The largest absolute Gasteiger partial charge is 0.295 e. The van der Waals surface area contributed by atoms with Crippen molar-refractivity contribution < 1.29 is 0 Å². The summed E-state index contributed by atoms with van der Waals surface area (Å²) in [6, 6.07) is 7.21. The Kier molecular flexibility index (Phi) is 3.86. The van der Waals surface area contributed by atoms with Crippen LogP contribution in [0.2, 0.25) is 0 Å². The molecule has 3 heteroatoms. The SMILES string of the molecule is CC(C)N(Cc1cccs1)CC1(CC#N)CC1. The van der Waals surface area contributed by atoms with Crippen LogP contribution in [-0.4, -0.2) is 17.5 Å². The lowest BCUT2D eigenvalue weighted by molar-refractivity contribution is 0.172. The third-order valence-corrected chi connectivity index (χ3v) is 4.48. The Labute approximate surface area is 108 Å². The van der Waals surface area contributed by atoms with Gasteiger partial charge in [-0.1, -0.05) is 6.07 Å². The summed E-state index contributed by atoms with van der Waals surface area (Å²) in [5.41, 5.74) is 0.316. The van der Waals surface area contributed by atoms with Crippen LogP contribution in [0.15, 0.2) is 17.5 Å². The number of rotatable bonds is 6. The van der Waals surface area contributed by atoms with E-state index in [-0.39, 0.29) is 0 Å². The van der Waals surface area contributed by atoms with E-state index >= 15 is 0 Å². The van der Waals surface area contributed by atoms with Crippen LogP contribution >= 0.6 is 11.3 Å². The van der Waals surface area contributed by atoms with E-state index in [0.717, 1.165) is 19.5 Å². The first kappa shape index (κ1) is 12.6. The lowest BCUT2D eigenvalue weighted by Gasteiger charge is -2.29. The first-order valence-electron chi connectivity index (χ1n) is 6.29. The second kappa shape index (κ2) is 5.20. The van der Waals surface area contributed by atoms with Crippen molar-refractivity contribution in [3.8, 4) is 6.07 Å². The normalized spacial score (nSPS) is 17.4. The number of hydrogen-bond acceptors (Lipinski definition) is 3. The first-order valence-corrected chi connectivity index (χ1v) is 7.17. The fourth-order valence-corrected chi connectivity index (χ4v) is 2.92. The van der Waals surface area contributed by atoms with Gasteiger partial charge in [-0.15, -0.1) is 11.3 Å². The van der Waals surface area contributed by atoms with Crippen LogP contribution in [0.3, 0.4) is 0 Å². The molecule has 92 valence electrons. The zero-order valence-corrected chi connectivity index (χ0v) is 11.5. The highest BCUT2D eigenvalue weighted by molar-refractivity contribution is 7.09. The van der Waals surface area contributed by atoms with Gasteiger partial charge in [-0.25, -0.2) is 0 Å². The standard InChI is InChI=1S/C14H20N2S/c1-12(2)16(10-13-4-3-9-17-13)11-14(5-6-14)7-8-15/h3-4,9,12H,5-7,10-11H2,1-2H3. The number of thiophene rings is 1. The average molecular weight is 248 g/mol. The molecule has 0 N–H and O–H groups in total. The molecule has 0 radical (unpaired) electrons. The first-order chi connectivity index (χ1) is 8.15.